The first-order valence-electron chi connectivity index (χ1n) is 5.96. The number of rotatable bonds is 3. The van der Waals surface area contributed by atoms with Crippen molar-refractivity contribution in [1.29, 1.82) is 0 Å². The van der Waals surface area contributed by atoms with Crippen molar-refractivity contribution in [1.82, 2.24) is 0 Å². The van der Waals surface area contributed by atoms with Crippen LogP contribution in [-0.2, 0) is 6.54 Å². The molecule has 19 heavy (non-hydrogen) atoms. The summed E-state index contributed by atoms with van der Waals surface area (Å²) in [5, 5.41) is 12.5. The van der Waals surface area contributed by atoms with Crippen molar-refractivity contribution in [3.8, 4) is 5.75 Å². The van der Waals surface area contributed by atoms with E-state index in [1.807, 2.05) is 0 Å². The molecule has 0 bridgehead atoms. The van der Waals surface area contributed by atoms with Crippen LogP contribution < -0.4 is 5.32 Å². The van der Waals surface area contributed by atoms with E-state index in [9.17, 15) is 13.9 Å². The standard InChI is InChI=1S/C15H15F2NO/c1-9-6-7-12(16)14(13(9)17)18-8-11-5-3-4-10(2)15(11)19/h3-7,18-19H,8H2,1-2H3. The minimum Gasteiger partial charge on any atom is -0.507 e. The molecular weight excluding hydrogens is 248 g/mol. The first-order valence-corrected chi connectivity index (χ1v) is 5.96. The summed E-state index contributed by atoms with van der Waals surface area (Å²) in [7, 11) is 0. The predicted octanol–water partition coefficient (Wildman–Crippen LogP) is 3.90. The fraction of sp³-hybridized carbons (Fsp3) is 0.200. The lowest BCUT2D eigenvalue weighted by Crippen LogP contribution is -2.05. The molecule has 2 rings (SSSR count). The van der Waals surface area contributed by atoms with Crippen molar-refractivity contribution >= 4 is 5.69 Å². The molecular formula is C15H15F2NO. The third-order valence-electron chi connectivity index (χ3n) is 3.06. The summed E-state index contributed by atoms with van der Waals surface area (Å²) in [5.41, 5.74) is 1.53. The minimum absolute atomic E-state index is 0.142. The highest BCUT2D eigenvalue weighted by Crippen LogP contribution is 2.25. The Morgan fingerprint density at radius 1 is 1.05 bits per heavy atom. The lowest BCUT2D eigenvalue weighted by atomic mass is 10.1. The van der Waals surface area contributed by atoms with Gasteiger partial charge in [-0.15, -0.1) is 0 Å². The van der Waals surface area contributed by atoms with Gasteiger partial charge in [0.05, 0.1) is 0 Å². The van der Waals surface area contributed by atoms with Crippen LogP contribution in [0.15, 0.2) is 30.3 Å². The van der Waals surface area contributed by atoms with Crippen LogP contribution >= 0.6 is 0 Å². The van der Waals surface area contributed by atoms with Gasteiger partial charge in [-0.1, -0.05) is 24.3 Å². The summed E-state index contributed by atoms with van der Waals surface area (Å²) in [6.07, 6.45) is 0. The molecule has 0 fully saturated rings. The number of aromatic hydroxyl groups is 1. The van der Waals surface area contributed by atoms with Gasteiger partial charge in [-0.3, -0.25) is 0 Å². The van der Waals surface area contributed by atoms with Crippen LogP contribution in [0.4, 0.5) is 14.5 Å². The largest absolute Gasteiger partial charge is 0.507 e. The third-order valence-corrected chi connectivity index (χ3v) is 3.06. The SMILES string of the molecule is Cc1cccc(CNc2c(F)ccc(C)c2F)c1O. The maximum Gasteiger partial charge on any atom is 0.152 e. The number of halogens is 2. The van der Waals surface area contributed by atoms with Crippen LogP contribution in [0, 0.1) is 25.5 Å². The van der Waals surface area contributed by atoms with Crippen molar-refractivity contribution in [2.75, 3.05) is 5.32 Å². The van der Waals surface area contributed by atoms with E-state index >= 15 is 0 Å². The monoisotopic (exact) mass is 263 g/mol. The number of aryl methyl sites for hydroxylation is 2. The lowest BCUT2D eigenvalue weighted by molar-refractivity contribution is 0.464. The molecule has 2 N–H and O–H groups in total. The van der Waals surface area contributed by atoms with Crippen molar-refractivity contribution in [2.45, 2.75) is 20.4 Å². The fourth-order valence-electron chi connectivity index (χ4n) is 1.86. The predicted molar refractivity (Wildman–Crippen MR) is 71.3 cm³/mol. The maximum atomic E-state index is 13.8. The molecule has 0 unspecified atom stereocenters. The molecule has 0 spiro atoms. The molecule has 2 nitrogen and oxygen atoms in total. The van der Waals surface area contributed by atoms with Gasteiger partial charge in [-0.05, 0) is 31.0 Å². The van der Waals surface area contributed by atoms with Crippen LogP contribution in [0.3, 0.4) is 0 Å². The Balaban J connectivity index is 2.24. The Labute approximate surface area is 110 Å². The topological polar surface area (TPSA) is 32.3 Å². The molecule has 0 aliphatic carbocycles. The summed E-state index contributed by atoms with van der Waals surface area (Å²) in [5.74, 6) is -1.11. The van der Waals surface area contributed by atoms with Gasteiger partial charge in [0.15, 0.2) is 5.82 Å². The Hall–Kier alpha value is -2.10. The Morgan fingerprint density at radius 2 is 1.79 bits per heavy atom. The molecule has 0 atom stereocenters. The zero-order valence-electron chi connectivity index (χ0n) is 10.8. The summed E-state index contributed by atoms with van der Waals surface area (Å²) < 4.78 is 27.3. The molecule has 0 saturated carbocycles. The van der Waals surface area contributed by atoms with E-state index in [0.717, 1.165) is 5.56 Å². The maximum absolute atomic E-state index is 13.8. The molecule has 0 amide bonds. The van der Waals surface area contributed by atoms with Crippen LogP contribution in [-0.4, -0.2) is 5.11 Å². The second-order valence-corrected chi connectivity index (χ2v) is 4.49. The second kappa shape index (κ2) is 5.26. The van der Waals surface area contributed by atoms with Crippen LogP contribution in [0.25, 0.3) is 0 Å². The molecule has 100 valence electrons. The van der Waals surface area contributed by atoms with Crippen molar-refractivity contribution < 1.29 is 13.9 Å². The summed E-state index contributed by atoms with van der Waals surface area (Å²) >= 11 is 0. The molecule has 0 aromatic heterocycles. The van der Waals surface area contributed by atoms with Gasteiger partial charge in [0.2, 0.25) is 0 Å². The quantitative estimate of drug-likeness (QED) is 0.880. The number of phenols is 1. The van der Waals surface area contributed by atoms with Crippen molar-refractivity contribution in [2.24, 2.45) is 0 Å². The molecule has 0 aliphatic rings. The highest BCUT2D eigenvalue weighted by Gasteiger charge is 2.12. The van der Waals surface area contributed by atoms with Gasteiger partial charge < -0.3 is 10.4 Å². The van der Waals surface area contributed by atoms with Crippen LogP contribution in [0.2, 0.25) is 0 Å². The number of para-hydroxylation sites is 1. The lowest BCUT2D eigenvalue weighted by Gasteiger charge is -2.12. The van der Waals surface area contributed by atoms with Crippen molar-refractivity contribution in [3.05, 3.63) is 58.7 Å². The second-order valence-electron chi connectivity index (χ2n) is 4.49. The zero-order chi connectivity index (χ0) is 14.0. The van der Waals surface area contributed by atoms with Crippen LogP contribution in [0.5, 0.6) is 5.75 Å². The molecule has 4 heteroatoms. The highest BCUT2D eigenvalue weighted by molar-refractivity contribution is 5.50. The van der Waals surface area contributed by atoms with E-state index in [1.165, 1.54) is 12.1 Å². The highest BCUT2D eigenvalue weighted by atomic mass is 19.1. The minimum atomic E-state index is -0.643. The van der Waals surface area contributed by atoms with Gasteiger partial charge in [0.1, 0.15) is 17.3 Å². The number of hydrogen-bond donors (Lipinski definition) is 2. The van der Waals surface area contributed by atoms with Gasteiger partial charge in [-0.2, -0.15) is 0 Å². The number of anilines is 1. The van der Waals surface area contributed by atoms with E-state index in [-0.39, 0.29) is 18.0 Å². The molecule has 0 heterocycles. The van der Waals surface area contributed by atoms with Gasteiger partial charge in [0, 0.05) is 12.1 Å². The number of benzene rings is 2. The smallest absolute Gasteiger partial charge is 0.152 e. The number of phenolic OH excluding ortho intramolecular Hbond substituents is 1. The first kappa shape index (κ1) is 13.3. The van der Waals surface area contributed by atoms with Gasteiger partial charge >= 0.3 is 0 Å². The molecule has 0 saturated heterocycles. The van der Waals surface area contributed by atoms with Gasteiger partial charge in [0.25, 0.3) is 0 Å². The molecule has 0 radical (unpaired) electrons. The fourth-order valence-corrected chi connectivity index (χ4v) is 1.86. The summed E-state index contributed by atoms with van der Waals surface area (Å²) in [6, 6.07) is 7.87. The van der Waals surface area contributed by atoms with Crippen molar-refractivity contribution in [3.63, 3.8) is 0 Å². The Bertz CT molecular complexity index is 611. The Kier molecular flexibility index (Phi) is 3.69. The van der Waals surface area contributed by atoms with E-state index in [4.69, 9.17) is 0 Å². The number of nitrogens with one attached hydrogen (secondary N) is 1. The first-order chi connectivity index (χ1) is 9.00. The van der Waals surface area contributed by atoms with E-state index in [1.54, 1.807) is 32.0 Å². The van der Waals surface area contributed by atoms with Gasteiger partial charge in [-0.25, -0.2) is 8.78 Å². The molecule has 2 aromatic rings. The average molecular weight is 263 g/mol. The molecule has 2 aromatic carbocycles. The number of hydrogen-bond acceptors (Lipinski definition) is 2. The van der Waals surface area contributed by atoms with E-state index in [0.29, 0.717) is 11.1 Å². The Morgan fingerprint density at radius 3 is 2.53 bits per heavy atom. The third kappa shape index (κ3) is 2.67. The average Bonchev–Trinajstić information content (AvgIpc) is 2.39. The van der Waals surface area contributed by atoms with E-state index < -0.39 is 11.6 Å². The molecule has 0 aliphatic heterocycles. The summed E-state index contributed by atoms with van der Waals surface area (Å²) in [4.78, 5) is 0. The normalized spacial score (nSPS) is 10.5. The van der Waals surface area contributed by atoms with E-state index in [2.05, 4.69) is 5.32 Å². The zero-order valence-corrected chi connectivity index (χ0v) is 10.8. The van der Waals surface area contributed by atoms with Crippen LogP contribution in [0.1, 0.15) is 16.7 Å². The summed E-state index contributed by atoms with van der Waals surface area (Å²) in [6.45, 7) is 3.50.